The van der Waals surface area contributed by atoms with Gasteiger partial charge in [-0.1, -0.05) is 11.6 Å². The normalized spacial score (nSPS) is 22.9. The zero-order chi connectivity index (χ0) is 20.5. The zero-order valence-electron chi connectivity index (χ0n) is 14.7. The van der Waals surface area contributed by atoms with Gasteiger partial charge >= 0.3 is 0 Å². The number of amides is 1. The predicted molar refractivity (Wildman–Crippen MR) is 95.3 cm³/mol. The Morgan fingerprint density at radius 1 is 1.18 bits per heavy atom. The van der Waals surface area contributed by atoms with Gasteiger partial charge in [-0.25, -0.2) is 13.8 Å². The highest BCUT2D eigenvalue weighted by molar-refractivity contribution is 6.29. The van der Waals surface area contributed by atoms with Crippen LogP contribution in [0.1, 0.15) is 48.1 Å². The molecular weight excluding hydrogens is 388 g/mol. The third-order valence-electron chi connectivity index (χ3n) is 4.79. The van der Waals surface area contributed by atoms with E-state index >= 15 is 8.78 Å². The van der Waals surface area contributed by atoms with Gasteiger partial charge in [-0.05, 0) is 30.2 Å². The summed E-state index contributed by atoms with van der Waals surface area (Å²) in [6, 6.07) is 7.70. The summed E-state index contributed by atoms with van der Waals surface area (Å²) in [6.07, 6.45) is 1.87. The molecule has 0 saturated heterocycles. The number of alkyl halides is 2. The molecule has 0 aliphatic heterocycles. The third kappa shape index (κ3) is 3.39. The number of nitrogens with zero attached hydrogens (tertiary/aromatic N) is 4. The van der Waals surface area contributed by atoms with Gasteiger partial charge < -0.3 is 5.32 Å². The number of benzene rings is 1. The molecule has 1 aromatic carbocycles. The number of rotatable bonds is 3. The smallest absolute Gasteiger partial charge is 0.257 e. The molecule has 1 fully saturated rings. The van der Waals surface area contributed by atoms with Crippen LogP contribution in [0.25, 0.3) is 0 Å². The zero-order valence-corrected chi connectivity index (χ0v) is 15.5. The highest BCUT2D eigenvalue weighted by Crippen LogP contribution is 2.57. The van der Waals surface area contributed by atoms with Crippen molar-refractivity contribution in [2.75, 3.05) is 0 Å². The van der Waals surface area contributed by atoms with E-state index in [1.54, 1.807) is 0 Å². The quantitative estimate of drug-likeness (QED) is 0.848. The minimum Gasteiger partial charge on any atom is -0.344 e. The number of hydrogen-bond donors (Lipinski definition) is 1. The van der Waals surface area contributed by atoms with Crippen LogP contribution in [0.15, 0.2) is 30.6 Å². The van der Waals surface area contributed by atoms with Crippen LogP contribution in [0.3, 0.4) is 0 Å². The summed E-state index contributed by atoms with van der Waals surface area (Å²) in [7, 11) is 0. The molecule has 0 bridgehead atoms. The van der Waals surface area contributed by atoms with Gasteiger partial charge in [-0.15, -0.1) is 0 Å². The van der Waals surface area contributed by atoms with Gasteiger partial charge in [-0.3, -0.25) is 9.78 Å². The maximum absolute atomic E-state index is 15.1. The Labute approximate surface area is 164 Å². The lowest BCUT2D eigenvalue weighted by molar-refractivity contribution is -0.121. The van der Waals surface area contributed by atoms with E-state index in [0.29, 0.717) is 0 Å². The number of aromatic nitrogens is 2. The van der Waals surface area contributed by atoms with E-state index in [0.717, 1.165) is 0 Å². The molecule has 0 unspecified atom stereocenters. The van der Waals surface area contributed by atoms with Crippen molar-refractivity contribution in [2.24, 2.45) is 0 Å². The van der Waals surface area contributed by atoms with Gasteiger partial charge in [0.1, 0.15) is 5.15 Å². The topological polar surface area (TPSA) is 102 Å². The lowest BCUT2D eigenvalue weighted by atomic mass is 9.77. The maximum atomic E-state index is 15.1. The first-order chi connectivity index (χ1) is 13.2. The lowest BCUT2D eigenvalue weighted by Crippen LogP contribution is -2.50. The van der Waals surface area contributed by atoms with Crippen LogP contribution in [0, 0.1) is 22.7 Å². The average molecular weight is 402 g/mol. The van der Waals surface area contributed by atoms with Gasteiger partial charge in [0.05, 0.1) is 52.8 Å². The molecule has 1 amide bonds. The Morgan fingerprint density at radius 3 is 2.32 bits per heavy atom. The van der Waals surface area contributed by atoms with Crippen LogP contribution >= 0.6 is 11.6 Å². The Bertz CT molecular complexity index is 980. The number of carbonyl (C=O) groups is 1. The molecule has 1 saturated carbocycles. The molecule has 2 aromatic rings. The first-order valence-electron chi connectivity index (χ1n) is 8.31. The fourth-order valence-corrected chi connectivity index (χ4v) is 3.92. The second kappa shape index (κ2) is 7.14. The number of halogens is 3. The molecular formula is C19H14ClF2N5O. The third-order valence-corrected chi connectivity index (χ3v) is 4.99. The van der Waals surface area contributed by atoms with Crippen molar-refractivity contribution in [3.05, 3.63) is 58.1 Å². The molecule has 142 valence electrons. The van der Waals surface area contributed by atoms with Crippen molar-refractivity contribution in [3.63, 3.8) is 0 Å². The van der Waals surface area contributed by atoms with E-state index in [4.69, 9.17) is 11.6 Å². The van der Waals surface area contributed by atoms with Crippen LogP contribution in [0.5, 0.6) is 0 Å². The van der Waals surface area contributed by atoms with E-state index in [1.807, 2.05) is 12.1 Å². The Kier molecular flexibility index (Phi) is 5.01. The highest BCUT2D eigenvalue weighted by Gasteiger charge is 2.61. The van der Waals surface area contributed by atoms with Crippen LogP contribution in [0.2, 0.25) is 5.15 Å². The summed E-state index contributed by atoms with van der Waals surface area (Å²) in [5.41, 5.74) is -1.20. The first kappa shape index (κ1) is 19.7. The van der Waals surface area contributed by atoms with Crippen molar-refractivity contribution < 1.29 is 13.6 Å². The van der Waals surface area contributed by atoms with Gasteiger partial charge in [-0.2, -0.15) is 10.5 Å². The fourth-order valence-electron chi connectivity index (χ4n) is 3.82. The summed E-state index contributed by atoms with van der Waals surface area (Å²) in [4.78, 5) is 20.0. The van der Waals surface area contributed by atoms with Crippen molar-refractivity contribution >= 4 is 17.5 Å². The van der Waals surface area contributed by atoms with Gasteiger partial charge in [0.25, 0.3) is 5.92 Å². The lowest BCUT2D eigenvalue weighted by Gasteiger charge is -2.37. The average Bonchev–Trinajstić information content (AvgIpc) is 2.92. The molecule has 1 aliphatic rings. The molecule has 28 heavy (non-hydrogen) atoms. The molecule has 1 N–H and O–H groups in total. The van der Waals surface area contributed by atoms with Crippen LogP contribution in [-0.4, -0.2) is 21.8 Å². The van der Waals surface area contributed by atoms with Crippen LogP contribution in [0.4, 0.5) is 8.78 Å². The molecule has 0 spiro atoms. The van der Waals surface area contributed by atoms with Crippen LogP contribution < -0.4 is 5.32 Å². The van der Waals surface area contributed by atoms with E-state index in [9.17, 15) is 15.3 Å². The molecule has 1 heterocycles. The van der Waals surface area contributed by atoms with Gasteiger partial charge in [0.2, 0.25) is 5.91 Å². The molecule has 3 rings (SSSR count). The monoisotopic (exact) mass is 401 g/mol. The number of nitriles is 2. The van der Waals surface area contributed by atoms with Crippen molar-refractivity contribution in [3.8, 4) is 12.1 Å². The predicted octanol–water partition coefficient (Wildman–Crippen LogP) is 3.42. The minimum absolute atomic E-state index is 0.0728. The second-order valence-corrected chi connectivity index (χ2v) is 7.03. The summed E-state index contributed by atoms with van der Waals surface area (Å²) in [5, 5.41) is 21.2. The molecule has 1 aromatic heterocycles. The molecule has 1 aliphatic carbocycles. The molecule has 6 nitrogen and oxygen atoms in total. The Hall–Kier alpha value is -3.10. The second-order valence-electron chi connectivity index (χ2n) is 6.64. The Balaban J connectivity index is 2.27. The van der Waals surface area contributed by atoms with Crippen molar-refractivity contribution in [2.45, 2.75) is 37.1 Å². The standard InChI is InChI=1S/C19H14ClF2N5O/c1-11(28)27-18(15-9-26-16(20)10-25-15)2-3-19(21,22)17(18)14-5-12(7-23)4-13(6-14)8-24/h4-6,9-10,17H,2-3H2,1H3,(H,27,28)/t17-,18-/m1/s1. The van der Waals surface area contributed by atoms with E-state index in [-0.39, 0.29) is 34.0 Å². The SMILES string of the molecule is CC(=O)N[C@@]1(c2cnc(Cl)cn2)CCC(F)(F)[C@@H]1c1cc(C#N)cc(C#N)c1. The fraction of sp³-hybridized carbons (Fsp3) is 0.316. The number of hydrogen-bond acceptors (Lipinski definition) is 5. The molecule has 0 radical (unpaired) electrons. The number of nitrogens with one attached hydrogen (secondary N) is 1. The summed E-state index contributed by atoms with van der Waals surface area (Å²) < 4.78 is 30.2. The largest absolute Gasteiger partial charge is 0.344 e. The highest BCUT2D eigenvalue weighted by atomic mass is 35.5. The molecule has 2 atom stereocenters. The van der Waals surface area contributed by atoms with Gasteiger partial charge in [0.15, 0.2) is 0 Å². The van der Waals surface area contributed by atoms with Crippen molar-refractivity contribution in [1.29, 1.82) is 10.5 Å². The van der Waals surface area contributed by atoms with E-state index in [1.165, 1.54) is 37.5 Å². The van der Waals surface area contributed by atoms with Crippen LogP contribution in [-0.2, 0) is 10.3 Å². The number of carbonyl (C=O) groups excluding carboxylic acids is 1. The minimum atomic E-state index is -3.22. The van der Waals surface area contributed by atoms with Gasteiger partial charge in [0, 0.05) is 13.3 Å². The summed E-state index contributed by atoms with van der Waals surface area (Å²) in [6.45, 7) is 1.23. The first-order valence-corrected chi connectivity index (χ1v) is 8.69. The molecule has 9 heteroatoms. The van der Waals surface area contributed by atoms with E-state index < -0.39 is 29.7 Å². The summed E-state index contributed by atoms with van der Waals surface area (Å²) >= 11 is 5.78. The van der Waals surface area contributed by atoms with Crippen molar-refractivity contribution in [1.82, 2.24) is 15.3 Å². The van der Waals surface area contributed by atoms with E-state index in [2.05, 4.69) is 15.3 Å². The maximum Gasteiger partial charge on any atom is 0.257 e. The Morgan fingerprint density at radius 2 is 1.82 bits per heavy atom. The summed E-state index contributed by atoms with van der Waals surface area (Å²) in [5.74, 6) is -5.28.